The first-order chi connectivity index (χ1) is 8.59. The number of hydrogen-bond acceptors (Lipinski definition) is 3. The van der Waals surface area contributed by atoms with Crippen molar-refractivity contribution >= 4 is 11.6 Å². The first kappa shape index (κ1) is 12.9. The van der Waals surface area contributed by atoms with Crippen LogP contribution >= 0.6 is 0 Å². The Hall–Kier alpha value is -1.55. The van der Waals surface area contributed by atoms with Crippen LogP contribution in [0, 0.1) is 5.41 Å². The van der Waals surface area contributed by atoms with Crippen molar-refractivity contribution in [2.75, 3.05) is 25.5 Å². The first-order valence-electron chi connectivity index (χ1n) is 6.31. The van der Waals surface area contributed by atoms with Gasteiger partial charge in [0.25, 0.3) is 5.91 Å². The Morgan fingerprint density at radius 2 is 1.94 bits per heavy atom. The molecule has 1 heterocycles. The monoisotopic (exact) mass is 248 g/mol. The van der Waals surface area contributed by atoms with E-state index >= 15 is 0 Å². The number of benzene rings is 1. The van der Waals surface area contributed by atoms with Gasteiger partial charge in [-0.3, -0.25) is 4.79 Å². The van der Waals surface area contributed by atoms with Crippen molar-refractivity contribution < 1.29 is 9.53 Å². The lowest BCUT2D eigenvalue weighted by molar-refractivity contribution is 0.0238. The number of nitrogen functional groups attached to an aromatic ring is 1. The van der Waals surface area contributed by atoms with Gasteiger partial charge in [-0.05, 0) is 42.5 Å². The van der Waals surface area contributed by atoms with Gasteiger partial charge in [0.05, 0.1) is 0 Å². The maximum Gasteiger partial charge on any atom is 0.251 e. The minimum absolute atomic E-state index is 0.0392. The predicted molar refractivity (Wildman–Crippen MR) is 71.3 cm³/mol. The smallest absolute Gasteiger partial charge is 0.251 e. The van der Waals surface area contributed by atoms with Gasteiger partial charge < -0.3 is 15.8 Å². The van der Waals surface area contributed by atoms with Crippen LogP contribution in [0.2, 0.25) is 0 Å². The normalized spacial score (nSPS) is 18.3. The Balaban J connectivity index is 1.89. The molecule has 0 aliphatic carbocycles. The van der Waals surface area contributed by atoms with Crippen LogP contribution in [0.15, 0.2) is 24.3 Å². The Labute approximate surface area is 108 Å². The fraction of sp³-hybridized carbons (Fsp3) is 0.500. The van der Waals surface area contributed by atoms with Crippen molar-refractivity contribution in [3.8, 4) is 0 Å². The molecular formula is C14H20N2O2. The molecule has 1 saturated heterocycles. The number of anilines is 1. The zero-order valence-corrected chi connectivity index (χ0v) is 10.7. The molecule has 0 bridgehead atoms. The fourth-order valence-corrected chi connectivity index (χ4v) is 2.07. The third kappa shape index (κ3) is 3.23. The van der Waals surface area contributed by atoms with Crippen LogP contribution < -0.4 is 11.1 Å². The summed E-state index contributed by atoms with van der Waals surface area (Å²) in [5.41, 5.74) is 7.07. The summed E-state index contributed by atoms with van der Waals surface area (Å²) in [6, 6.07) is 6.98. The largest absolute Gasteiger partial charge is 0.399 e. The lowest BCUT2D eigenvalue weighted by Gasteiger charge is -2.33. The molecule has 2 rings (SSSR count). The van der Waals surface area contributed by atoms with E-state index in [1.165, 1.54) is 0 Å². The summed E-state index contributed by atoms with van der Waals surface area (Å²) in [5, 5.41) is 2.99. The van der Waals surface area contributed by atoms with Crippen LogP contribution in [0.3, 0.4) is 0 Å². The average Bonchev–Trinajstić information content (AvgIpc) is 2.38. The maximum absolute atomic E-state index is 12.0. The average molecular weight is 248 g/mol. The quantitative estimate of drug-likeness (QED) is 0.802. The molecule has 18 heavy (non-hydrogen) atoms. The van der Waals surface area contributed by atoms with E-state index in [0.29, 0.717) is 17.8 Å². The van der Waals surface area contributed by atoms with Gasteiger partial charge in [-0.15, -0.1) is 0 Å². The zero-order chi connectivity index (χ0) is 13.0. The number of carbonyl (C=O) groups excluding carboxylic acids is 1. The van der Waals surface area contributed by atoms with Gasteiger partial charge >= 0.3 is 0 Å². The highest BCUT2D eigenvalue weighted by Crippen LogP contribution is 2.28. The van der Waals surface area contributed by atoms with Crippen LogP contribution in [0.4, 0.5) is 5.69 Å². The predicted octanol–water partition coefficient (Wildman–Crippen LogP) is 1.82. The van der Waals surface area contributed by atoms with Crippen molar-refractivity contribution in [1.29, 1.82) is 0 Å². The summed E-state index contributed by atoms with van der Waals surface area (Å²) in [6.07, 6.45) is 1.99. The van der Waals surface area contributed by atoms with Crippen molar-refractivity contribution in [2.24, 2.45) is 5.41 Å². The van der Waals surface area contributed by atoms with Crippen LogP contribution in [-0.2, 0) is 4.74 Å². The Kier molecular flexibility index (Phi) is 3.87. The Morgan fingerprint density at radius 1 is 1.33 bits per heavy atom. The van der Waals surface area contributed by atoms with Gasteiger partial charge in [0.15, 0.2) is 0 Å². The molecule has 1 aliphatic rings. The Morgan fingerprint density at radius 3 is 2.56 bits per heavy atom. The highest BCUT2D eigenvalue weighted by molar-refractivity contribution is 5.94. The molecular weight excluding hydrogens is 228 g/mol. The second-order valence-corrected chi connectivity index (χ2v) is 5.23. The van der Waals surface area contributed by atoms with E-state index in [9.17, 15) is 4.79 Å². The van der Waals surface area contributed by atoms with Gasteiger partial charge in [0.1, 0.15) is 0 Å². The number of rotatable bonds is 3. The summed E-state index contributed by atoms with van der Waals surface area (Å²) < 4.78 is 5.34. The van der Waals surface area contributed by atoms with E-state index in [2.05, 4.69) is 12.2 Å². The summed E-state index contributed by atoms with van der Waals surface area (Å²) >= 11 is 0. The summed E-state index contributed by atoms with van der Waals surface area (Å²) in [7, 11) is 0. The van der Waals surface area contributed by atoms with Crippen molar-refractivity contribution in [3.05, 3.63) is 29.8 Å². The van der Waals surface area contributed by atoms with E-state index < -0.39 is 0 Å². The standard InChI is InChI=1S/C14H20N2O2/c1-14(6-8-18-9-7-14)10-16-13(17)11-2-4-12(15)5-3-11/h2-5H,6-10,15H2,1H3,(H,16,17). The molecule has 0 atom stereocenters. The summed E-state index contributed by atoms with van der Waals surface area (Å²) in [5.74, 6) is -0.0392. The molecule has 0 unspecified atom stereocenters. The van der Waals surface area contributed by atoms with Gasteiger partial charge in [0, 0.05) is 31.0 Å². The molecule has 1 aromatic carbocycles. The SMILES string of the molecule is CC1(CNC(=O)c2ccc(N)cc2)CCOCC1. The molecule has 98 valence electrons. The number of nitrogens with two attached hydrogens (primary N) is 1. The minimum Gasteiger partial charge on any atom is -0.399 e. The van der Waals surface area contributed by atoms with E-state index in [4.69, 9.17) is 10.5 Å². The first-order valence-corrected chi connectivity index (χ1v) is 6.31. The molecule has 1 aliphatic heterocycles. The van der Waals surface area contributed by atoms with Crippen LogP contribution in [0.5, 0.6) is 0 Å². The topological polar surface area (TPSA) is 64.4 Å². The fourth-order valence-electron chi connectivity index (χ4n) is 2.07. The molecule has 1 amide bonds. The molecule has 1 aromatic rings. The second kappa shape index (κ2) is 5.40. The maximum atomic E-state index is 12.0. The third-order valence-electron chi connectivity index (χ3n) is 3.55. The Bertz CT molecular complexity index is 408. The lowest BCUT2D eigenvalue weighted by Crippen LogP contribution is -2.39. The molecule has 0 spiro atoms. The number of carbonyl (C=O) groups is 1. The molecule has 0 radical (unpaired) electrons. The molecule has 3 N–H and O–H groups in total. The van der Waals surface area contributed by atoms with Crippen molar-refractivity contribution in [2.45, 2.75) is 19.8 Å². The minimum atomic E-state index is -0.0392. The number of ether oxygens (including phenoxy) is 1. The lowest BCUT2D eigenvalue weighted by atomic mass is 9.82. The number of amides is 1. The molecule has 0 aromatic heterocycles. The molecule has 1 fully saturated rings. The van der Waals surface area contributed by atoms with E-state index in [0.717, 1.165) is 26.1 Å². The van der Waals surface area contributed by atoms with Crippen LogP contribution in [-0.4, -0.2) is 25.7 Å². The highest BCUT2D eigenvalue weighted by Gasteiger charge is 2.27. The third-order valence-corrected chi connectivity index (χ3v) is 3.55. The molecule has 4 nitrogen and oxygen atoms in total. The van der Waals surface area contributed by atoms with Gasteiger partial charge in [0.2, 0.25) is 0 Å². The zero-order valence-electron chi connectivity index (χ0n) is 10.7. The van der Waals surface area contributed by atoms with Crippen molar-refractivity contribution in [1.82, 2.24) is 5.32 Å². The van der Waals surface area contributed by atoms with Gasteiger partial charge in [-0.1, -0.05) is 6.92 Å². The number of hydrogen-bond donors (Lipinski definition) is 2. The van der Waals surface area contributed by atoms with E-state index in [-0.39, 0.29) is 11.3 Å². The molecule has 0 saturated carbocycles. The van der Waals surface area contributed by atoms with Crippen molar-refractivity contribution in [3.63, 3.8) is 0 Å². The van der Waals surface area contributed by atoms with E-state index in [1.54, 1.807) is 24.3 Å². The summed E-state index contributed by atoms with van der Waals surface area (Å²) in [4.78, 5) is 12.0. The summed E-state index contributed by atoms with van der Waals surface area (Å²) in [6.45, 7) is 4.46. The van der Waals surface area contributed by atoms with Gasteiger partial charge in [-0.2, -0.15) is 0 Å². The second-order valence-electron chi connectivity index (χ2n) is 5.23. The number of nitrogens with one attached hydrogen (secondary N) is 1. The van der Waals surface area contributed by atoms with Gasteiger partial charge in [-0.25, -0.2) is 0 Å². The van der Waals surface area contributed by atoms with Crippen LogP contribution in [0.1, 0.15) is 30.1 Å². The van der Waals surface area contributed by atoms with E-state index in [1.807, 2.05) is 0 Å². The van der Waals surface area contributed by atoms with Crippen LogP contribution in [0.25, 0.3) is 0 Å². The molecule has 4 heteroatoms. The highest BCUT2D eigenvalue weighted by atomic mass is 16.5.